The topological polar surface area (TPSA) is 13.1 Å². The fourth-order valence-electron chi connectivity index (χ4n) is 7.74. The van der Waals surface area contributed by atoms with E-state index < -0.39 is 84.1 Å². The molecule has 0 fully saturated rings. The number of hydrogen-bond acceptors (Lipinski definition) is 1. The standard InChI is InChI=1S/C52H32O/c1-2-13-34(14-3-1)49-43-16-6-8-18-45(43)50(46-19-9-7-17-44(46)49)40-29-26-36-31-39(28-25-37(36)32-40)42-21-11-23-48-47-22-10-20-41(51(47)53-52(42)48)38-27-24-33-12-4-5-15-35(33)30-38/h1-32H/i1D,2D,3D,6D,7D,8D,9D,13D,14D,16D,17D,18D,19D. The minimum absolute atomic E-state index is 0.0790. The van der Waals surface area contributed by atoms with Gasteiger partial charge in [0.15, 0.2) is 0 Å². The summed E-state index contributed by atoms with van der Waals surface area (Å²) in [7, 11) is 0. The summed E-state index contributed by atoms with van der Waals surface area (Å²) in [4.78, 5) is 0. The third-order valence-electron chi connectivity index (χ3n) is 10.1. The molecule has 0 amide bonds. The maximum atomic E-state index is 9.29. The van der Waals surface area contributed by atoms with E-state index >= 15 is 0 Å². The normalized spacial score (nSPS) is 15.2. The molecule has 0 radical (unpaired) electrons. The summed E-state index contributed by atoms with van der Waals surface area (Å²) >= 11 is 0. The van der Waals surface area contributed by atoms with Crippen LogP contribution in [-0.4, -0.2) is 0 Å². The minimum Gasteiger partial charge on any atom is -0.455 e. The van der Waals surface area contributed by atoms with E-state index in [4.69, 9.17) is 16.8 Å². The van der Waals surface area contributed by atoms with Crippen molar-refractivity contribution >= 4 is 65.0 Å². The van der Waals surface area contributed by atoms with Gasteiger partial charge < -0.3 is 4.42 Å². The van der Waals surface area contributed by atoms with Crippen molar-refractivity contribution in [3.8, 4) is 44.5 Å². The molecule has 1 heterocycles. The number of hydrogen-bond donors (Lipinski definition) is 0. The van der Waals surface area contributed by atoms with E-state index in [0.29, 0.717) is 10.9 Å². The van der Waals surface area contributed by atoms with Gasteiger partial charge in [-0.3, -0.25) is 0 Å². The molecule has 11 rings (SSSR count). The highest BCUT2D eigenvalue weighted by atomic mass is 16.3. The van der Waals surface area contributed by atoms with Crippen LogP contribution in [0.25, 0.3) is 110 Å². The molecule has 11 aromatic rings. The lowest BCUT2D eigenvalue weighted by Gasteiger charge is -2.18. The molecular weight excluding hydrogens is 641 g/mol. The molecule has 1 heteroatoms. The molecule has 0 N–H and O–H groups in total. The average molecular weight is 686 g/mol. The van der Waals surface area contributed by atoms with Gasteiger partial charge in [0.25, 0.3) is 0 Å². The Morgan fingerprint density at radius 1 is 0.321 bits per heavy atom. The van der Waals surface area contributed by atoms with Gasteiger partial charge in [0.2, 0.25) is 0 Å². The smallest absolute Gasteiger partial charge is 0.143 e. The van der Waals surface area contributed by atoms with Gasteiger partial charge in [-0.05, 0) is 94.7 Å². The van der Waals surface area contributed by atoms with Crippen LogP contribution in [0.1, 0.15) is 17.8 Å². The first kappa shape index (κ1) is 19.6. The van der Waals surface area contributed by atoms with Crippen LogP contribution < -0.4 is 0 Å². The van der Waals surface area contributed by atoms with Crippen LogP contribution in [-0.2, 0) is 0 Å². The quantitative estimate of drug-likeness (QED) is 0.168. The second kappa shape index (κ2) is 11.8. The van der Waals surface area contributed by atoms with Crippen molar-refractivity contribution in [2.24, 2.45) is 0 Å². The lowest BCUT2D eigenvalue weighted by atomic mass is 9.85. The monoisotopic (exact) mass is 685 g/mol. The molecule has 246 valence electrons. The predicted octanol–water partition coefficient (Wildman–Crippen LogP) is 14.9. The Labute approximate surface area is 325 Å². The van der Waals surface area contributed by atoms with Gasteiger partial charge in [0.05, 0.1) is 17.8 Å². The molecule has 0 bridgehead atoms. The van der Waals surface area contributed by atoms with Crippen molar-refractivity contribution in [3.05, 3.63) is 194 Å². The number of benzene rings is 10. The molecule has 0 saturated carbocycles. The summed E-state index contributed by atoms with van der Waals surface area (Å²) in [5.74, 6) is 0. The lowest BCUT2D eigenvalue weighted by molar-refractivity contribution is 0.671. The number of furan rings is 1. The van der Waals surface area contributed by atoms with E-state index in [9.17, 15) is 5.48 Å². The second-order valence-corrected chi connectivity index (χ2v) is 13.1. The van der Waals surface area contributed by atoms with E-state index in [2.05, 4.69) is 42.5 Å². The molecule has 0 aliphatic carbocycles. The molecule has 1 aromatic heterocycles. The van der Waals surface area contributed by atoms with Crippen LogP contribution in [0.3, 0.4) is 0 Å². The average Bonchev–Trinajstić information content (AvgIpc) is 3.73. The van der Waals surface area contributed by atoms with Crippen molar-refractivity contribution in [3.63, 3.8) is 0 Å². The Morgan fingerprint density at radius 2 is 0.755 bits per heavy atom. The van der Waals surface area contributed by atoms with E-state index in [1.54, 1.807) is 12.1 Å². The number of para-hydroxylation sites is 2. The Bertz CT molecular complexity index is 3880. The molecule has 10 aromatic carbocycles. The fourth-order valence-corrected chi connectivity index (χ4v) is 7.74. The zero-order valence-electron chi connectivity index (χ0n) is 40.9. The van der Waals surface area contributed by atoms with Crippen LogP contribution in [0.2, 0.25) is 0 Å². The van der Waals surface area contributed by atoms with Gasteiger partial charge >= 0.3 is 0 Å². The first-order chi connectivity index (χ1) is 31.7. The molecule has 1 nitrogen and oxygen atoms in total. The molecule has 0 aliphatic rings. The van der Waals surface area contributed by atoms with Crippen molar-refractivity contribution in [2.45, 2.75) is 0 Å². The van der Waals surface area contributed by atoms with Crippen LogP contribution in [0.5, 0.6) is 0 Å². The van der Waals surface area contributed by atoms with Gasteiger partial charge in [-0.25, -0.2) is 0 Å². The van der Waals surface area contributed by atoms with Crippen LogP contribution in [0, 0.1) is 0 Å². The van der Waals surface area contributed by atoms with Crippen molar-refractivity contribution < 1.29 is 22.2 Å². The van der Waals surface area contributed by atoms with Crippen molar-refractivity contribution in [2.75, 3.05) is 0 Å². The largest absolute Gasteiger partial charge is 0.455 e. The summed E-state index contributed by atoms with van der Waals surface area (Å²) < 4.78 is 122. The Kier molecular flexibility index (Phi) is 4.36. The van der Waals surface area contributed by atoms with E-state index in [1.165, 1.54) is 0 Å². The highest BCUT2D eigenvalue weighted by Gasteiger charge is 2.18. The second-order valence-electron chi connectivity index (χ2n) is 13.1. The summed E-state index contributed by atoms with van der Waals surface area (Å²) in [6.45, 7) is 0. The molecule has 0 spiro atoms. The molecular formula is C52H32O. The number of fused-ring (bicyclic) bond motifs is 7. The Balaban J connectivity index is 1.15. The van der Waals surface area contributed by atoms with Crippen LogP contribution in [0.15, 0.2) is 198 Å². The van der Waals surface area contributed by atoms with Gasteiger partial charge in [-0.1, -0.05) is 176 Å². The lowest BCUT2D eigenvalue weighted by Crippen LogP contribution is -1.90. The van der Waals surface area contributed by atoms with Crippen LogP contribution >= 0.6 is 0 Å². The molecule has 0 unspecified atom stereocenters. The van der Waals surface area contributed by atoms with E-state index in [0.717, 1.165) is 60.4 Å². The molecule has 53 heavy (non-hydrogen) atoms. The molecule has 0 atom stereocenters. The molecule has 0 saturated heterocycles. The third kappa shape index (κ3) is 4.71. The van der Waals surface area contributed by atoms with Crippen molar-refractivity contribution in [1.29, 1.82) is 0 Å². The molecule has 0 aliphatic heterocycles. The highest BCUT2D eigenvalue weighted by molar-refractivity contribution is 6.22. The van der Waals surface area contributed by atoms with E-state index in [1.807, 2.05) is 60.7 Å². The van der Waals surface area contributed by atoms with Gasteiger partial charge in [-0.2, -0.15) is 0 Å². The Morgan fingerprint density at radius 3 is 1.32 bits per heavy atom. The minimum atomic E-state index is -0.714. The van der Waals surface area contributed by atoms with Gasteiger partial charge in [0, 0.05) is 21.9 Å². The first-order valence-corrected chi connectivity index (χ1v) is 17.2. The van der Waals surface area contributed by atoms with Crippen LogP contribution in [0.4, 0.5) is 0 Å². The SMILES string of the molecule is [2H]c1c([2H])c([2H])c(-c2c3c([2H])c([2H])c([2H])c([2H])c3c(-c3ccc4cc(-c5cccc6c5oc5c(-c7ccc8ccccc8c7)cccc56)ccc4c3)c3c([2H])c([2H])c([2H])c([2H])c23)c([2H])c1[2H]. The number of rotatable bonds is 4. The zero-order chi connectivity index (χ0) is 46.2. The van der Waals surface area contributed by atoms with Gasteiger partial charge in [0.1, 0.15) is 11.2 Å². The summed E-state index contributed by atoms with van der Waals surface area (Å²) in [6, 6.07) is 29.7. The predicted molar refractivity (Wildman–Crippen MR) is 225 cm³/mol. The highest BCUT2D eigenvalue weighted by Crippen LogP contribution is 2.45. The summed E-state index contributed by atoms with van der Waals surface area (Å²) in [5, 5.41) is 4.98. The Hall–Kier alpha value is -6.96. The fraction of sp³-hybridized carbons (Fsp3) is 0. The first-order valence-electron chi connectivity index (χ1n) is 23.7. The van der Waals surface area contributed by atoms with Crippen molar-refractivity contribution in [1.82, 2.24) is 0 Å². The van der Waals surface area contributed by atoms with E-state index in [-0.39, 0.29) is 32.7 Å². The maximum absolute atomic E-state index is 9.29. The third-order valence-corrected chi connectivity index (χ3v) is 10.1. The summed E-state index contributed by atoms with van der Waals surface area (Å²) in [5.41, 5.74) is 4.93. The summed E-state index contributed by atoms with van der Waals surface area (Å²) in [6.07, 6.45) is 0. The van der Waals surface area contributed by atoms with Gasteiger partial charge in [-0.15, -0.1) is 0 Å². The maximum Gasteiger partial charge on any atom is 0.143 e. The zero-order valence-corrected chi connectivity index (χ0v) is 27.9.